The van der Waals surface area contributed by atoms with Crippen molar-refractivity contribution in [3.05, 3.63) is 0 Å². The SMILES string of the molecule is CCC[C@@H](C)C[C@H](C#N)CC. The Kier molecular flexibility index (Phi) is 5.93. The van der Waals surface area contributed by atoms with E-state index >= 15 is 0 Å². The topological polar surface area (TPSA) is 23.8 Å². The molecule has 0 heterocycles. The minimum atomic E-state index is 0.288. The Morgan fingerprint density at radius 3 is 2.36 bits per heavy atom. The van der Waals surface area contributed by atoms with Crippen LogP contribution in [0.3, 0.4) is 0 Å². The van der Waals surface area contributed by atoms with E-state index in [1.54, 1.807) is 0 Å². The molecule has 0 aliphatic carbocycles. The molecule has 0 saturated heterocycles. The molecule has 0 spiro atoms. The van der Waals surface area contributed by atoms with Gasteiger partial charge >= 0.3 is 0 Å². The van der Waals surface area contributed by atoms with Gasteiger partial charge in [0.05, 0.1) is 6.07 Å². The Bertz CT molecular complexity index is 123. The normalized spacial score (nSPS) is 15.5. The van der Waals surface area contributed by atoms with Crippen molar-refractivity contribution in [2.24, 2.45) is 11.8 Å². The molecule has 0 unspecified atom stereocenters. The lowest BCUT2D eigenvalue weighted by Crippen LogP contribution is -2.03. The molecule has 0 aliphatic rings. The molecule has 0 radical (unpaired) electrons. The van der Waals surface area contributed by atoms with Crippen molar-refractivity contribution in [1.82, 2.24) is 0 Å². The molecule has 0 N–H and O–H groups in total. The highest BCUT2D eigenvalue weighted by molar-refractivity contribution is 4.82. The van der Waals surface area contributed by atoms with Crippen LogP contribution in [-0.2, 0) is 0 Å². The summed E-state index contributed by atoms with van der Waals surface area (Å²) in [5.74, 6) is 1.01. The van der Waals surface area contributed by atoms with Gasteiger partial charge in [0.1, 0.15) is 0 Å². The zero-order valence-electron chi connectivity index (χ0n) is 7.93. The highest BCUT2D eigenvalue weighted by atomic mass is 14.3. The first-order valence-corrected chi connectivity index (χ1v) is 4.64. The fraction of sp³-hybridized carbons (Fsp3) is 0.900. The molecule has 0 aliphatic heterocycles. The van der Waals surface area contributed by atoms with Gasteiger partial charge in [-0.05, 0) is 18.8 Å². The highest BCUT2D eigenvalue weighted by Gasteiger charge is 2.09. The Labute approximate surface area is 70.4 Å². The van der Waals surface area contributed by atoms with Crippen LogP contribution >= 0.6 is 0 Å². The summed E-state index contributed by atoms with van der Waals surface area (Å²) in [6.45, 7) is 6.53. The van der Waals surface area contributed by atoms with E-state index in [1.165, 1.54) is 12.8 Å². The van der Waals surface area contributed by atoms with Crippen molar-refractivity contribution in [2.45, 2.75) is 46.5 Å². The third kappa shape index (κ3) is 4.84. The van der Waals surface area contributed by atoms with Gasteiger partial charge in [-0.25, -0.2) is 0 Å². The van der Waals surface area contributed by atoms with Crippen LogP contribution in [0.1, 0.15) is 46.5 Å². The average molecular weight is 153 g/mol. The largest absolute Gasteiger partial charge is 0.198 e. The van der Waals surface area contributed by atoms with E-state index in [4.69, 9.17) is 5.26 Å². The Morgan fingerprint density at radius 1 is 1.36 bits per heavy atom. The van der Waals surface area contributed by atoms with Gasteiger partial charge in [0.15, 0.2) is 0 Å². The molecule has 1 heteroatoms. The van der Waals surface area contributed by atoms with Gasteiger partial charge in [-0.1, -0.05) is 33.6 Å². The van der Waals surface area contributed by atoms with Gasteiger partial charge in [-0.3, -0.25) is 0 Å². The summed E-state index contributed by atoms with van der Waals surface area (Å²) in [5.41, 5.74) is 0. The minimum absolute atomic E-state index is 0.288. The minimum Gasteiger partial charge on any atom is -0.198 e. The van der Waals surface area contributed by atoms with Crippen LogP contribution in [0.2, 0.25) is 0 Å². The lowest BCUT2D eigenvalue weighted by atomic mass is 9.92. The van der Waals surface area contributed by atoms with Crippen LogP contribution in [-0.4, -0.2) is 0 Å². The third-order valence-corrected chi connectivity index (χ3v) is 2.14. The van der Waals surface area contributed by atoms with Crippen LogP contribution in [0.25, 0.3) is 0 Å². The van der Waals surface area contributed by atoms with E-state index in [9.17, 15) is 0 Å². The summed E-state index contributed by atoms with van der Waals surface area (Å²) in [6, 6.07) is 2.34. The molecule has 11 heavy (non-hydrogen) atoms. The second-order valence-corrected chi connectivity index (χ2v) is 3.36. The monoisotopic (exact) mass is 153 g/mol. The van der Waals surface area contributed by atoms with Gasteiger partial charge in [0, 0.05) is 5.92 Å². The van der Waals surface area contributed by atoms with Crippen LogP contribution < -0.4 is 0 Å². The lowest BCUT2D eigenvalue weighted by molar-refractivity contribution is 0.416. The molecule has 0 aromatic heterocycles. The number of rotatable bonds is 5. The van der Waals surface area contributed by atoms with Gasteiger partial charge in [0.25, 0.3) is 0 Å². The predicted octanol–water partition coefficient (Wildman–Crippen LogP) is 3.36. The van der Waals surface area contributed by atoms with Gasteiger partial charge < -0.3 is 0 Å². The Hall–Kier alpha value is -0.510. The molecule has 0 saturated carbocycles. The van der Waals surface area contributed by atoms with E-state index in [0.29, 0.717) is 0 Å². The Morgan fingerprint density at radius 2 is 2.00 bits per heavy atom. The zero-order chi connectivity index (χ0) is 8.69. The van der Waals surface area contributed by atoms with E-state index in [-0.39, 0.29) is 5.92 Å². The molecule has 64 valence electrons. The first kappa shape index (κ1) is 10.5. The molecular weight excluding hydrogens is 134 g/mol. The van der Waals surface area contributed by atoms with Crippen LogP contribution in [0, 0.1) is 23.2 Å². The fourth-order valence-corrected chi connectivity index (χ4v) is 1.41. The molecule has 1 nitrogen and oxygen atoms in total. The van der Waals surface area contributed by atoms with Gasteiger partial charge in [0.2, 0.25) is 0 Å². The smallest absolute Gasteiger partial charge is 0.0655 e. The molecule has 0 aromatic carbocycles. The van der Waals surface area contributed by atoms with Crippen LogP contribution in [0.4, 0.5) is 0 Å². The second-order valence-electron chi connectivity index (χ2n) is 3.36. The molecule has 0 amide bonds. The summed E-state index contributed by atoms with van der Waals surface area (Å²) in [7, 11) is 0. The second kappa shape index (κ2) is 6.22. The van der Waals surface area contributed by atoms with Gasteiger partial charge in [-0.15, -0.1) is 0 Å². The predicted molar refractivity (Wildman–Crippen MR) is 48.1 cm³/mol. The number of hydrogen-bond acceptors (Lipinski definition) is 1. The van der Waals surface area contributed by atoms with Crippen LogP contribution in [0.15, 0.2) is 0 Å². The summed E-state index contributed by atoms with van der Waals surface area (Å²) in [4.78, 5) is 0. The molecule has 2 atom stereocenters. The molecule has 0 fully saturated rings. The Balaban J connectivity index is 3.55. The van der Waals surface area contributed by atoms with E-state index in [2.05, 4.69) is 26.8 Å². The molecule has 0 rings (SSSR count). The maximum absolute atomic E-state index is 8.69. The first-order valence-electron chi connectivity index (χ1n) is 4.64. The lowest BCUT2D eigenvalue weighted by Gasteiger charge is -2.12. The zero-order valence-corrected chi connectivity index (χ0v) is 7.93. The van der Waals surface area contributed by atoms with E-state index in [0.717, 1.165) is 18.8 Å². The van der Waals surface area contributed by atoms with Crippen molar-refractivity contribution in [2.75, 3.05) is 0 Å². The fourth-order valence-electron chi connectivity index (χ4n) is 1.41. The van der Waals surface area contributed by atoms with Crippen molar-refractivity contribution < 1.29 is 0 Å². The third-order valence-electron chi connectivity index (χ3n) is 2.14. The van der Waals surface area contributed by atoms with Crippen molar-refractivity contribution in [3.8, 4) is 6.07 Å². The summed E-state index contributed by atoms with van der Waals surface area (Å²) < 4.78 is 0. The van der Waals surface area contributed by atoms with E-state index in [1.807, 2.05) is 0 Å². The summed E-state index contributed by atoms with van der Waals surface area (Å²) in [6.07, 6.45) is 4.59. The van der Waals surface area contributed by atoms with Gasteiger partial charge in [-0.2, -0.15) is 5.26 Å². The quantitative estimate of drug-likeness (QED) is 0.594. The first-order chi connectivity index (χ1) is 5.24. The number of nitrogens with zero attached hydrogens (tertiary/aromatic N) is 1. The average Bonchev–Trinajstić information content (AvgIpc) is 2.01. The standard InChI is InChI=1S/C10H19N/c1-4-6-9(3)7-10(5-2)8-11/h9-10H,4-7H2,1-3H3/t9-,10-/m1/s1. The maximum Gasteiger partial charge on any atom is 0.0655 e. The maximum atomic E-state index is 8.69. The van der Waals surface area contributed by atoms with E-state index < -0.39 is 0 Å². The van der Waals surface area contributed by atoms with Crippen molar-refractivity contribution in [3.63, 3.8) is 0 Å². The molecular formula is C10H19N. The molecule has 0 bridgehead atoms. The van der Waals surface area contributed by atoms with Crippen molar-refractivity contribution >= 4 is 0 Å². The molecule has 0 aromatic rings. The van der Waals surface area contributed by atoms with Crippen molar-refractivity contribution in [1.29, 1.82) is 5.26 Å². The summed E-state index contributed by atoms with van der Waals surface area (Å²) in [5, 5.41) is 8.69. The number of nitriles is 1. The summed E-state index contributed by atoms with van der Waals surface area (Å²) >= 11 is 0. The number of hydrogen-bond donors (Lipinski definition) is 0. The van der Waals surface area contributed by atoms with Crippen LogP contribution in [0.5, 0.6) is 0 Å². The highest BCUT2D eigenvalue weighted by Crippen LogP contribution is 2.18.